The Bertz CT molecular complexity index is 1150. The molecule has 170 valence electrons. The largest absolute Gasteiger partial charge is 0.493 e. The third-order valence-electron chi connectivity index (χ3n) is 6.06. The van der Waals surface area contributed by atoms with Gasteiger partial charge in [-0.25, -0.2) is 4.98 Å². The van der Waals surface area contributed by atoms with Crippen molar-refractivity contribution in [3.8, 4) is 17.4 Å². The van der Waals surface area contributed by atoms with Gasteiger partial charge in [-0.2, -0.15) is 0 Å². The molecule has 8 nitrogen and oxygen atoms in total. The summed E-state index contributed by atoms with van der Waals surface area (Å²) in [6, 6.07) is 5.55. The van der Waals surface area contributed by atoms with Crippen LogP contribution in [0.25, 0.3) is 0 Å². The number of rotatable bonds is 6. The molecule has 0 fully saturated rings. The van der Waals surface area contributed by atoms with Gasteiger partial charge >= 0.3 is 0 Å². The van der Waals surface area contributed by atoms with Crippen LogP contribution in [-0.2, 0) is 11.3 Å². The summed E-state index contributed by atoms with van der Waals surface area (Å²) in [6.07, 6.45) is 3.09. The smallest absolute Gasteiger partial charge is 0.228 e. The number of allylic oxidation sites excluding steroid dienone is 2. The SMILES string of the molecule is COc1ccc([C@@H]2C3=C(CC(C)(C)CC3=O)Oc3ncn(CCCO)c(=N)c32)cc1OC. The van der Waals surface area contributed by atoms with Crippen molar-refractivity contribution >= 4 is 5.78 Å². The fraction of sp³-hybridized carbons (Fsp3) is 0.458. The molecule has 32 heavy (non-hydrogen) atoms. The molecule has 0 saturated heterocycles. The van der Waals surface area contributed by atoms with Gasteiger partial charge in [0.15, 0.2) is 17.3 Å². The first kappa shape index (κ1) is 22.1. The monoisotopic (exact) mass is 439 g/mol. The Labute approximate surface area is 187 Å². The van der Waals surface area contributed by atoms with Crippen molar-refractivity contribution in [3.05, 3.63) is 52.5 Å². The number of nitrogens with one attached hydrogen (secondary N) is 1. The number of hydrogen-bond acceptors (Lipinski definition) is 7. The number of benzene rings is 1. The molecule has 2 aromatic rings. The van der Waals surface area contributed by atoms with E-state index in [9.17, 15) is 9.90 Å². The van der Waals surface area contributed by atoms with E-state index in [1.54, 1.807) is 31.2 Å². The quantitative estimate of drug-likeness (QED) is 0.717. The van der Waals surface area contributed by atoms with Crippen LogP contribution in [0.2, 0.25) is 0 Å². The molecule has 1 aliphatic heterocycles. The highest BCUT2D eigenvalue weighted by atomic mass is 16.5. The third kappa shape index (κ3) is 3.79. The number of ketones is 1. The minimum Gasteiger partial charge on any atom is -0.493 e. The van der Waals surface area contributed by atoms with Gasteiger partial charge in [0.25, 0.3) is 0 Å². The van der Waals surface area contributed by atoms with Gasteiger partial charge in [0.2, 0.25) is 5.88 Å². The van der Waals surface area contributed by atoms with Crippen molar-refractivity contribution in [2.45, 2.75) is 45.6 Å². The molecule has 0 unspecified atom stereocenters. The normalized spacial score (nSPS) is 19.2. The Morgan fingerprint density at radius 1 is 1.25 bits per heavy atom. The number of Topliss-reactive ketones (excluding diaryl/α,β-unsaturated/α-hetero) is 1. The summed E-state index contributed by atoms with van der Waals surface area (Å²) in [5, 5.41) is 18.1. The van der Waals surface area contributed by atoms with Crippen LogP contribution in [0, 0.1) is 10.8 Å². The fourth-order valence-corrected chi connectivity index (χ4v) is 4.58. The summed E-state index contributed by atoms with van der Waals surface area (Å²) in [4.78, 5) is 17.9. The summed E-state index contributed by atoms with van der Waals surface area (Å²) in [5.41, 5.74) is 1.94. The van der Waals surface area contributed by atoms with Gasteiger partial charge in [0.1, 0.15) is 17.6 Å². The van der Waals surface area contributed by atoms with Crippen LogP contribution >= 0.6 is 0 Å². The second kappa shape index (κ2) is 8.43. The molecule has 0 bridgehead atoms. The average molecular weight is 440 g/mol. The number of aryl methyl sites for hydroxylation is 1. The summed E-state index contributed by atoms with van der Waals surface area (Å²) in [6.45, 7) is 4.56. The van der Waals surface area contributed by atoms with Crippen molar-refractivity contribution in [1.29, 1.82) is 5.41 Å². The Hall–Kier alpha value is -3.13. The second-order valence-electron chi connectivity index (χ2n) is 9.01. The number of aromatic nitrogens is 2. The molecular formula is C24H29N3O5. The standard InChI is InChI=1S/C24H29N3O5/c1-24(2)11-15(29)20-18(12-24)32-23-21(22(25)27(13-26-23)8-5-9-28)19(20)14-6-7-16(30-3)17(10-14)31-4/h6-7,10,13,19,25,28H,5,8-9,11-12H2,1-4H3/t19-/m1/s1. The molecule has 1 aliphatic carbocycles. The molecule has 1 atom stereocenters. The number of aliphatic hydroxyl groups excluding tert-OH is 1. The first-order valence-corrected chi connectivity index (χ1v) is 10.7. The lowest BCUT2D eigenvalue weighted by Crippen LogP contribution is -2.37. The van der Waals surface area contributed by atoms with Gasteiger partial charge in [0, 0.05) is 31.6 Å². The molecular weight excluding hydrogens is 410 g/mol. The van der Waals surface area contributed by atoms with Crippen LogP contribution in [0.4, 0.5) is 0 Å². The molecule has 0 radical (unpaired) electrons. The minimum atomic E-state index is -0.501. The van der Waals surface area contributed by atoms with E-state index in [1.807, 2.05) is 12.1 Å². The lowest BCUT2D eigenvalue weighted by Gasteiger charge is -2.38. The van der Waals surface area contributed by atoms with E-state index in [0.29, 0.717) is 60.1 Å². The predicted molar refractivity (Wildman–Crippen MR) is 117 cm³/mol. The molecule has 2 aliphatic rings. The highest BCUT2D eigenvalue weighted by Crippen LogP contribution is 2.49. The van der Waals surface area contributed by atoms with Crippen molar-refractivity contribution in [2.24, 2.45) is 5.41 Å². The van der Waals surface area contributed by atoms with E-state index < -0.39 is 5.92 Å². The van der Waals surface area contributed by atoms with Crippen LogP contribution in [0.3, 0.4) is 0 Å². The number of methoxy groups -OCH3 is 2. The van der Waals surface area contributed by atoms with Gasteiger partial charge in [-0.05, 0) is 29.5 Å². The number of aliphatic hydroxyl groups is 1. The molecule has 1 aromatic carbocycles. The van der Waals surface area contributed by atoms with Gasteiger partial charge < -0.3 is 23.9 Å². The number of ether oxygens (including phenoxy) is 3. The zero-order valence-corrected chi connectivity index (χ0v) is 18.9. The van der Waals surface area contributed by atoms with E-state index in [4.69, 9.17) is 19.6 Å². The summed E-state index contributed by atoms with van der Waals surface area (Å²) < 4.78 is 18.7. The van der Waals surface area contributed by atoms with E-state index in [2.05, 4.69) is 18.8 Å². The lowest BCUT2D eigenvalue weighted by atomic mass is 9.70. The molecule has 1 aromatic heterocycles. The molecule has 2 heterocycles. The lowest BCUT2D eigenvalue weighted by molar-refractivity contribution is -0.118. The molecule has 8 heteroatoms. The van der Waals surface area contributed by atoms with Gasteiger partial charge in [-0.15, -0.1) is 0 Å². The van der Waals surface area contributed by atoms with Gasteiger partial charge in [0.05, 0.1) is 25.7 Å². The maximum Gasteiger partial charge on any atom is 0.228 e. The zero-order chi connectivity index (χ0) is 23.0. The zero-order valence-electron chi connectivity index (χ0n) is 18.9. The minimum absolute atomic E-state index is 0.0159. The molecule has 2 N–H and O–H groups in total. The molecule has 0 spiro atoms. The summed E-state index contributed by atoms with van der Waals surface area (Å²) in [5.74, 6) is 1.62. The van der Waals surface area contributed by atoms with Crippen LogP contribution < -0.4 is 19.7 Å². The summed E-state index contributed by atoms with van der Waals surface area (Å²) >= 11 is 0. The highest BCUT2D eigenvalue weighted by Gasteiger charge is 2.43. The Morgan fingerprint density at radius 2 is 2.00 bits per heavy atom. The first-order valence-electron chi connectivity index (χ1n) is 10.7. The van der Waals surface area contributed by atoms with Crippen molar-refractivity contribution in [3.63, 3.8) is 0 Å². The maximum absolute atomic E-state index is 13.4. The van der Waals surface area contributed by atoms with E-state index >= 15 is 0 Å². The molecule has 0 saturated carbocycles. The van der Waals surface area contributed by atoms with Gasteiger partial charge in [-0.1, -0.05) is 19.9 Å². The van der Waals surface area contributed by atoms with Crippen molar-refractivity contribution < 1.29 is 24.1 Å². The van der Waals surface area contributed by atoms with E-state index in [-0.39, 0.29) is 23.3 Å². The average Bonchev–Trinajstić information content (AvgIpc) is 2.76. The van der Waals surface area contributed by atoms with E-state index in [0.717, 1.165) is 5.56 Å². The van der Waals surface area contributed by atoms with Gasteiger partial charge in [-0.3, -0.25) is 10.2 Å². The molecule has 4 rings (SSSR count). The van der Waals surface area contributed by atoms with Crippen LogP contribution in [0.5, 0.6) is 17.4 Å². The van der Waals surface area contributed by atoms with Crippen molar-refractivity contribution in [2.75, 3.05) is 20.8 Å². The number of carbonyl (C=O) groups is 1. The highest BCUT2D eigenvalue weighted by molar-refractivity contribution is 6.00. The third-order valence-corrected chi connectivity index (χ3v) is 6.06. The maximum atomic E-state index is 13.4. The predicted octanol–water partition coefficient (Wildman–Crippen LogP) is 2.93. The second-order valence-corrected chi connectivity index (χ2v) is 9.01. The van der Waals surface area contributed by atoms with E-state index in [1.165, 1.54) is 0 Å². The van der Waals surface area contributed by atoms with Crippen LogP contribution in [-0.4, -0.2) is 41.3 Å². The topological polar surface area (TPSA) is 107 Å². The summed E-state index contributed by atoms with van der Waals surface area (Å²) in [7, 11) is 3.14. The Balaban J connectivity index is 1.95. The first-order chi connectivity index (χ1) is 15.3. The molecule has 0 amide bonds. The Kier molecular flexibility index (Phi) is 5.81. The number of carbonyl (C=O) groups excluding carboxylic acids is 1. The van der Waals surface area contributed by atoms with Crippen LogP contribution in [0.15, 0.2) is 35.9 Å². The number of nitrogens with zero attached hydrogens (tertiary/aromatic N) is 2. The van der Waals surface area contributed by atoms with Crippen molar-refractivity contribution in [1.82, 2.24) is 9.55 Å². The van der Waals surface area contributed by atoms with Crippen LogP contribution in [0.1, 0.15) is 50.2 Å². The number of hydrogen-bond donors (Lipinski definition) is 2. The Morgan fingerprint density at radius 3 is 2.69 bits per heavy atom. The number of fused-ring (bicyclic) bond motifs is 1. The fourth-order valence-electron chi connectivity index (χ4n) is 4.58.